The minimum atomic E-state index is 1.06. The van der Waals surface area contributed by atoms with E-state index in [1.165, 1.54) is 22.3 Å². The molecule has 1 aliphatic carbocycles. The molecule has 13 heavy (non-hydrogen) atoms. The fourth-order valence-electron chi connectivity index (χ4n) is 1.80. The lowest BCUT2D eigenvalue weighted by molar-refractivity contribution is 1.40. The molecule has 0 nitrogen and oxygen atoms in total. The highest BCUT2D eigenvalue weighted by Gasteiger charge is 2.06. The van der Waals surface area contributed by atoms with Crippen molar-refractivity contribution in [1.29, 1.82) is 0 Å². The molecule has 0 saturated carbocycles. The average molecular weight is 170 g/mol. The quantitative estimate of drug-likeness (QED) is 0.554. The summed E-state index contributed by atoms with van der Waals surface area (Å²) < 4.78 is 0. The third kappa shape index (κ3) is 1.44. The Morgan fingerprint density at radius 1 is 0.846 bits per heavy atom. The number of fused-ring (bicyclic) bond motifs is 1. The Hall–Kier alpha value is -1.30. The van der Waals surface area contributed by atoms with E-state index in [1.54, 1.807) is 0 Å². The molecule has 1 aliphatic rings. The first-order chi connectivity index (χ1) is 6.29. The van der Waals surface area contributed by atoms with Crippen molar-refractivity contribution in [2.75, 3.05) is 0 Å². The van der Waals surface area contributed by atoms with Crippen molar-refractivity contribution in [1.82, 2.24) is 0 Å². The molecule has 0 fully saturated rings. The maximum Gasteiger partial charge on any atom is -0.0155 e. The molecule has 0 spiro atoms. The van der Waals surface area contributed by atoms with Crippen LogP contribution in [0, 0.1) is 0 Å². The third-order valence-electron chi connectivity index (χ3n) is 2.62. The van der Waals surface area contributed by atoms with Crippen LogP contribution in [-0.4, -0.2) is 0 Å². The fourth-order valence-corrected chi connectivity index (χ4v) is 1.80. The molecule has 0 aliphatic heterocycles. The minimum Gasteiger partial charge on any atom is -0.0772 e. The van der Waals surface area contributed by atoms with Crippen molar-refractivity contribution in [3.63, 3.8) is 0 Å². The Kier molecular flexibility index (Phi) is 2.05. The third-order valence-corrected chi connectivity index (χ3v) is 2.62. The second-order valence-electron chi connectivity index (χ2n) is 3.56. The van der Waals surface area contributed by atoms with Crippen LogP contribution in [-0.2, 0) is 0 Å². The number of rotatable bonds is 0. The van der Waals surface area contributed by atoms with Crippen LogP contribution in [0.1, 0.15) is 31.4 Å². The van der Waals surface area contributed by atoms with Crippen molar-refractivity contribution in [2.24, 2.45) is 0 Å². The van der Waals surface area contributed by atoms with Gasteiger partial charge in [0.25, 0.3) is 0 Å². The number of hydrogen-bond acceptors (Lipinski definition) is 0. The molecule has 0 aromatic heterocycles. The molecule has 0 atom stereocenters. The summed E-state index contributed by atoms with van der Waals surface area (Å²) >= 11 is 0. The van der Waals surface area contributed by atoms with E-state index in [-0.39, 0.29) is 0 Å². The van der Waals surface area contributed by atoms with Crippen molar-refractivity contribution < 1.29 is 0 Å². The molecule has 0 amide bonds. The topological polar surface area (TPSA) is 0 Å². The largest absolute Gasteiger partial charge is 0.0772 e. The molecule has 0 heteroatoms. The van der Waals surface area contributed by atoms with Gasteiger partial charge in [-0.15, -0.1) is 0 Å². The first-order valence-electron chi connectivity index (χ1n) is 4.72. The van der Waals surface area contributed by atoms with Crippen molar-refractivity contribution in [3.8, 4) is 0 Å². The van der Waals surface area contributed by atoms with E-state index in [9.17, 15) is 0 Å². The van der Waals surface area contributed by atoms with Gasteiger partial charge in [0.15, 0.2) is 0 Å². The summed E-state index contributed by atoms with van der Waals surface area (Å²) in [7, 11) is 0. The van der Waals surface area contributed by atoms with Crippen LogP contribution in [0.5, 0.6) is 0 Å². The lowest BCUT2D eigenvalue weighted by atomic mass is 9.98. The summed E-state index contributed by atoms with van der Waals surface area (Å²) in [5, 5.41) is 0. The summed E-state index contributed by atoms with van der Waals surface area (Å²) in [6.45, 7) is 4.37. The Balaban J connectivity index is 2.66. The molecule has 66 valence electrons. The molecular weight excluding hydrogens is 156 g/mol. The number of hydrogen-bond donors (Lipinski definition) is 0. The zero-order valence-electron chi connectivity index (χ0n) is 8.17. The first-order valence-corrected chi connectivity index (χ1v) is 4.72. The van der Waals surface area contributed by atoms with Gasteiger partial charge >= 0.3 is 0 Å². The summed E-state index contributed by atoms with van der Waals surface area (Å²) in [5.74, 6) is 0. The maximum atomic E-state index is 2.29. The average Bonchev–Trinajstić information content (AvgIpc) is 2.29. The maximum absolute atomic E-state index is 2.29. The standard InChI is InChI=1S/C13H14/c1-10-6-5-7-11(2)13-9-4-3-8-12(10)13/h3-4,6-9H,5H2,1-2H3. The van der Waals surface area contributed by atoms with Crippen molar-refractivity contribution in [2.45, 2.75) is 20.3 Å². The van der Waals surface area contributed by atoms with Crippen LogP contribution in [0.4, 0.5) is 0 Å². The van der Waals surface area contributed by atoms with E-state index < -0.39 is 0 Å². The molecule has 0 N–H and O–H groups in total. The van der Waals surface area contributed by atoms with Crippen LogP contribution in [0.25, 0.3) is 11.1 Å². The summed E-state index contributed by atoms with van der Waals surface area (Å²) in [4.78, 5) is 0. The zero-order valence-corrected chi connectivity index (χ0v) is 8.17. The predicted molar refractivity (Wildman–Crippen MR) is 58.4 cm³/mol. The van der Waals surface area contributed by atoms with E-state index in [2.05, 4.69) is 50.3 Å². The molecule has 0 radical (unpaired) electrons. The van der Waals surface area contributed by atoms with E-state index in [1.807, 2.05) is 0 Å². The van der Waals surface area contributed by atoms with Crippen LogP contribution in [0.2, 0.25) is 0 Å². The second-order valence-corrected chi connectivity index (χ2v) is 3.56. The van der Waals surface area contributed by atoms with Crippen LogP contribution < -0.4 is 0 Å². The van der Waals surface area contributed by atoms with E-state index >= 15 is 0 Å². The first kappa shape index (κ1) is 8.31. The van der Waals surface area contributed by atoms with Gasteiger partial charge in [-0.25, -0.2) is 0 Å². The highest BCUT2D eigenvalue weighted by atomic mass is 14.1. The smallest absolute Gasteiger partial charge is 0.0155 e. The summed E-state index contributed by atoms with van der Waals surface area (Å²) in [6, 6.07) is 8.61. The Morgan fingerprint density at radius 3 is 1.77 bits per heavy atom. The van der Waals surface area contributed by atoms with Crippen molar-refractivity contribution in [3.05, 3.63) is 47.5 Å². The van der Waals surface area contributed by atoms with Gasteiger partial charge in [-0.3, -0.25) is 0 Å². The van der Waals surface area contributed by atoms with Gasteiger partial charge in [-0.2, -0.15) is 0 Å². The van der Waals surface area contributed by atoms with Crippen LogP contribution in [0.15, 0.2) is 36.4 Å². The van der Waals surface area contributed by atoms with Crippen LogP contribution in [0.3, 0.4) is 0 Å². The van der Waals surface area contributed by atoms with Gasteiger partial charge in [0.05, 0.1) is 0 Å². The molecule has 0 saturated heterocycles. The fraction of sp³-hybridized carbons (Fsp3) is 0.231. The molecule has 1 aromatic carbocycles. The Bertz CT molecular complexity index is 344. The van der Waals surface area contributed by atoms with Gasteiger partial charge in [0, 0.05) is 0 Å². The molecular formula is C13H14. The summed E-state index contributed by atoms with van der Waals surface area (Å²) in [6.07, 6.45) is 5.64. The van der Waals surface area contributed by atoms with Gasteiger partial charge < -0.3 is 0 Å². The number of allylic oxidation sites excluding steroid dienone is 4. The zero-order chi connectivity index (χ0) is 9.26. The second kappa shape index (κ2) is 3.21. The van der Waals surface area contributed by atoms with E-state index in [0.717, 1.165) is 6.42 Å². The van der Waals surface area contributed by atoms with Gasteiger partial charge in [0.2, 0.25) is 0 Å². The predicted octanol–water partition coefficient (Wildman–Crippen LogP) is 3.90. The molecule has 2 rings (SSSR count). The van der Waals surface area contributed by atoms with Gasteiger partial charge in [0.1, 0.15) is 0 Å². The normalized spacial score (nSPS) is 15.5. The molecule has 0 unspecified atom stereocenters. The van der Waals surface area contributed by atoms with Gasteiger partial charge in [-0.1, -0.05) is 36.4 Å². The van der Waals surface area contributed by atoms with Crippen LogP contribution >= 0.6 is 0 Å². The van der Waals surface area contributed by atoms with Crippen molar-refractivity contribution >= 4 is 11.1 Å². The molecule has 0 bridgehead atoms. The van der Waals surface area contributed by atoms with Gasteiger partial charge in [-0.05, 0) is 42.5 Å². The molecule has 1 aromatic rings. The highest BCUT2D eigenvalue weighted by molar-refractivity contribution is 5.80. The number of benzene rings is 1. The van der Waals surface area contributed by atoms with E-state index in [0.29, 0.717) is 0 Å². The lowest BCUT2D eigenvalue weighted by Crippen LogP contribution is -1.86. The Morgan fingerprint density at radius 2 is 1.31 bits per heavy atom. The minimum absolute atomic E-state index is 1.06. The van der Waals surface area contributed by atoms with E-state index in [4.69, 9.17) is 0 Å². The SMILES string of the molecule is CC1=CCC=C(C)c2ccccc21. The highest BCUT2D eigenvalue weighted by Crippen LogP contribution is 2.28. The monoisotopic (exact) mass is 170 g/mol. The Labute approximate surface area is 79.6 Å². The summed E-state index contributed by atoms with van der Waals surface area (Å²) in [5.41, 5.74) is 5.55. The lowest BCUT2D eigenvalue weighted by Gasteiger charge is -2.07. The molecule has 0 heterocycles.